The first-order chi connectivity index (χ1) is 13.8. The minimum atomic E-state index is -3.89. The van der Waals surface area contributed by atoms with Crippen molar-refractivity contribution in [1.82, 2.24) is 0 Å². The summed E-state index contributed by atoms with van der Waals surface area (Å²) in [5.41, 5.74) is 4.45. The highest BCUT2D eigenvalue weighted by Crippen LogP contribution is 2.36. The van der Waals surface area contributed by atoms with E-state index in [2.05, 4.69) is 0 Å². The molecule has 1 aliphatic heterocycles. The number of aryl methyl sites for hydroxylation is 2. The monoisotopic (exact) mass is 412 g/mol. The van der Waals surface area contributed by atoms with Crippen LogP contribution in [0.3, 0.4) is 0 Å². The molecule has 1 unspecified atom stereocenters. The van der Waals surface area contributed by atoms with Crippen LogP contribution in [0, 0.1) is 19.7 Å². The predicted molar refractivity (Wildman–Crippen MR) is 109 cm³/mol. The number of halogens is 1. The third-order valence-corrected chi connectivity index (χ3v) is 6.22. The summed E-state index contributed by atoms with van der Waals surface area (Å²) in [5, 5.41) is 0. The molecule has 3 aromatic carbocycles. The van der Waals surface area contributed by atoms with Gasteiger partial charge in [0.1, 0.15) is 12.7 Å². The molecule has 29 heavy (non-hydrogen) atoms. The zero-order chi connectivity index (χ0) is 20.6. The molecule has 1 heterocycles. The van der Waals surface area contributed by atoms with Gasteiger partial charge in [-0.05, 0) is 49.2 Å². The topological polar surface area (TPSA) is 52.6 Å². The zero-order valence-corrected chi connectivity index (χ0v) is 17.0. The van der Waals surface area contributed by atoms with E-state index in [-0.39, 0.29) is 17.3 Å². The second-order valence-corrected chi connectivity index (χ2v) is 8.93. The quantitative estimate of drug-likeness (QED) is 0.564. The second kappa shape index (κ2) is 7.61. The summed E-state index contributed by atoms with van der Waals surface area (Å²) in [4.78, 5) is 0.0894. The molecule has 0 saturated carbocycles. The number of fused-ring (bicyclic) bond motifs is 1. The largest absolute Gasteiger partial charge is 0.484 e. The molecular weight excluding hydrogens is 391 g/mol. The normalized spacial score (nSPS) is 15.8. The van der Waals surface area contributed by atoms with Crippen LogP contribution in [0.2, 0.25) is 0 Å². The van der Waals surface area contributed by atoms with E-state index in [1.54, 1.807) is 12.1 Å². The van der Waals surface area contributed by atoms with Crippen LogP contribution < -0.4 is 4.74 Å². The molecule has 0 bridgehead atoms. The zero-order valence-electron chi connectivity index (χ0n) is 16.2. The molecule has 1 aliphatic rings. The van der Waals surface area contributed by atoms with Gasteiger partial charge in [0.25, 0.3) is 10.1 Å². The van der Waals surface area contributed by atoms with E-state index in [1.165, 1.54) is 18.2 Å². The van der Waals surface area contributed by atoms with Crippen LogP contribution in [0.1, 0.15) is 16.7 Å². The fourth-order valence-corrected chi connectivity index (χ4v) is 4.35. The Kier molecular flexibility index (Phi) is 5.15. The van der Waals surface area contributed by atoms with Crippen molar-refractivity contribution in [3.05, 3.63) is 83.2 Å². The number of benzene rings is 3. The molecular formula is C23H21FO4S. The van der Waals surface area contributed by atoms with Crippen LogP contribution in [0.25, 0.3) is 11.1 Å². The van der Waals surface area contributed by atoms with Crippen molar-refractivity contribution in [3.8, 4) is 16.9 Å². The summed E-state index contributed by atoms with van der Waals surface area (Å²) < 4.78 is 50.1. The third kappa shape index (κ3) is 4.18. The smallest absolute Gasteiger partial charge is 0.297 e. The molecule has 0 saturated heterocycles. The van der Waals surface area contributed by atoms with Gasteiger partial charge in [-0.3, -0.25) is 4.18 Å². The summed E-state index contributed by atoms with van der Waals surface area (Å²) in [7, 11) is -3.89. The van der Waals surface area contributed by atoms with Crippen molar-refractivity contribution in [1.29, 1.82) is 0 Å². The average Bonchev–Trinajstić information content (AvgIpc) is 3.11. The minimum absolute atomic E-state index is 0.0894. The fraction of sp³-hybridized carbons (Fsp3) is 0.217. The lowest BCUT2D eigenvalue weighted by molar-refractivity contribution is 0.148. The van der Waals surface area contributed by atoms with Gasteiger partial charge in [0.2, 0.25) is 0 Å². The number of ether oxygens (including phenoxy) is 1. The van der Waals surface area contributed by atoms with Crippen molar-refractivity contribution in [2.24, 2.45) is 0 Å². The van der Waals surface area contributed by atoms with Gasteiger partial charge >= 0.3 is 0 Å². The predicted octanol–water partition coefficient (Wildman–Crippen LogP) is 4.82. The van der Waals surface area contributed by atoms with Gasteiger partial charge in [0.15, 0.2) is 11.6 Å². The van der Waals surface area contributed by atoms with Crippen molar-refractivity contribution in [2.75, 3.05) is 6.61 Å². The molecule has 0 aromatic heterocycles. The average molecular weight is 412 g/mol. The first kappa shape index (κ1) is 19.6. The van der Waals surface area contributed by atoms with Crippen LogP contribution in [-0.4, -0.2) is 21.1 Å². The molecule has 0 amide bonds. The van der Waals surface area contributed by atoms with E-state index < -0.39 is 22.0 Å². The molecule has 0 aliphatic carbocycles. The van der Waals surface area contributed by atoms with Gasteiger partial charge in [-0.2, -0.15) is 8.42 Å². The molecule has 150 valence electrons. The lowest BCUT2D eigenvalue weighted by atomic mass is 9.99. The highest BCUT2D eigenvalue weighted by Gasteiger charge is 2.29. The molecule has 0 spiro atoms. The highest BCUT2D eigenvalue weighted by molar-refractivity contribution is 7.86. The maximum atomic E-state index is 14.6. The molecule has 0 radical (unpaired) electrons. The van der Waals surface area contributed by atoms with Gasteiger partial charge in [-0.15, -0.1) is 0 Å². The maximum absolute atomic E-state index is 14.6. The van der Waals surface area contributed by atoms with E-state index in [4.69, 9.17) is 8.92 Å². The van der Waals surface area contributed by atoms with E-state index in [1.807, 2.05) is 44.2 Å². The van der Waals surface area contributed by atoms with Gasteiger partial charge < -0.3 is 4.74 Å². The summed E-state index contributed by atoms with van der Waals surface area (Å²) in [6, 6.07) is 17.6. The molecule has 0 fully saturated rings. The first-order valence-electron chi connectivity index (χ1n) is 9.34. The van der Waals surface area contributed by atoms with Gasteiger partial charge in [-0.25, -0.2) is 4.39 Å². The van der Waals surface area contributed by atoms with Crippen molar-refractivity contribution in [3.63, 3.8) is 0 Å². The van der Waals surface area contributed by atoms with E-state index in [9.17, 15) is 12.8 Å². The van der Waals surface area contributed by atoms with Crippen LogP contribution in [-0.2, 0) is 20.7 Å². The van der Waals surface area contributed by atoms with E-state index >= 15 is 0 Å². The third-order valence-electron chi connectivity index (χ3n) is 4.92. The van der Waals surface area contributed by atoms with E-state index in [0.717, 1.165) is 22.3 Å². The van der Waals surface area contributed by atoms with Gasteiger partial charge in [-0.1, -0.05) is 47.5 Å². The van der Waals surface area contributed by atoms with Crippen LogP contribution >= 0.6 is 0 Å². The molecule has 1 atom stereocenters. The Bertz CT molecular complexity index is 1150. The second-order valence-electron chi connectivity index (χ2n) is 7.31. The number of rotatable bonds is 5. The lowest BCUT2D eigenvalue weighted by Gasteiger charge is -2.12. The van der Waals surface area contributed by atoms with Crippen molar-refractivity contribution in [2.45, 2.75) is 31.3 Å². The fourth-order valence-electron chi connectivity index (χ4n) is 3.41. The van der Waals surface area contributed by atoms with Crippen molar-refractivity contribution < 1.29 is 21.7 Å². The van der Waals surface area contributed by atoms with Crippen LogP contribution in [0.4, 0.5) is 4.39 Å². The van der Waals surface area contributed by atoms with Gasteiger partial charge in [0.05, 0.1) is 4.90 Å². The Balaban J connectivity index is 1.49. The Morgan fingerprint density at radius 1 is 1.00 bits per heavy atom. The number of hydrogen-bond acceptors (Lipinski definition) is 4. The summed E-state index contributed by atoms with van der Waals surface area (Å²) in [6.45, 7) is 3.68. The molecule has 3 aromatic rings. The standard InChI is InChI=1S/C23H21FO4S/c1-15-6-8-21(9-7-15)29(25,26)27-14-20-12-19-11-18(13-22(24)23(19)28-20)17-5-3-4-16(2)10-17/h3-11,13,20H,12,14H2,1-2H3. The lowest BCUT2D eigenvalue weighted by Crippen LogP contribution is -2.23. The Hall–Kier alpha value is -2.70. The van der Waals surface area contributed by atoms with Crippen LogP contribution in [0.5, 0.6) is 5.75 Å². The Morgan fingerprint density at radius 3 is 2.48 bits per heavy atom. The Morgan fingerprint density at radius 2 is 1.76 bits per heavy atom. The maximum Gasteiger partial charge on any atom is 0.297 e. The SMILES string of the molecule is Cc1ccc(S(=O)(=O)OCC2Cc3cc(-c4cccc(C)c4)cc(F)c3O2)cc1. The summed E-state index contributed by atoms with van der Waals surface area (Å²) in [5.74, 6) is -0.286. The molecule has 4 nitrogen and oxygen atoms in total. The summed E-state index contributed by atoms with van der Waals surface area (Å²) >= 11 is 0. The van der Waals surface area contributed by atoms with Crippen LogP contribution in [0.15, 0.2) is 65.6 Å². The molecule has 4 rings (SSSR count). The highest BCUT2D eigenvalue weighted by atomic mass is 32.2. The van der Waals surface area contributed by atoms with Gasteiger partial charge in [0, 0.05) is 12.0 Å². The molecule has 6 heteroatoms. The van der Waals surface area contributed by atoms with Crippen molar-refractivity contribution >= 4 is 10.1 Å². The summed E-state index contributed by atoms with van der Waals surface area (Å²) in [6.07, 6.45) is -0.178. The Labute approximate surface area is 170 Å². The van der Waals surface area contributed by atoms with E-state index in [0.29, 0.717) is 12.0 Å². The molecule has 0 N–H and O–H groups in total. The minimum Gasteiger partial charge on any atom is -0.484 e. The first-order valence-corrected chi connectivity index (χ1v) is 10.7. The number of hydrogen-bond donors (Lipinski definition) is 0.